The topological polar surface area (TPSA) is 80.4 Å². The Hall–Kier alpha value is -2.44. The molecule has 2 aliphatic rings. The van der Waals surface area contributed by atoms with Crippen molar-refractivity contribution in [3.8, 4) is 5.75 Å². The fourth-order valence-electron chi connectivity index (χ4n) is 3.10. The van der Waals surface area contributed by atoms with Crippen LogP contribution in [0.2, 0.25) is 0 Å². The molecule has 7 nitrogen and oxygen atoms in total. The highest BCUT2D eigenvalue weighted by atomic mass is 16.6. The summed E-state index contributed by atoms with van der Waals surface area (Å²) in [4.78, 5) is 20.3. The van der Waals surface area contributed by atoms with E-state index in [1.165, 1.54) is 5.56 Å². The van der Waals surface area contributed by atoms with Crippen molar-refractivity contribution in [1.82, 2.24) is 9.80 Å². The number of carbonyl (C=O) groups excluding carboxylic acids is 1. The van der Waals surface area contributed by atoms with Gasteiger partial charge in [-0.1, -0.05) is 18.2 Å². The Morgan fingerprint density at radius 1 is 1.23 bits per heavy atom. The standard InChI is InChI=1S/C19H28N4O3/c1-19(2,3)26-18(24)23-10-8-22(9-11-23)17(20)21-13-15-12-14-6-4-5-7-16(14)25-15/h4-7,15H,8-13H2,1-3H3,(H2,20,21). The van der Waals surface area contributed by atoms with Gasteiger partial charge in [0, 0.05) is 32.6 Å². The molecule has 0 radical (unpaired) electrons. The molecule has 0 aliphatic carbocycles. The number of hydrogen-bond donors (Lipinski definition) is 1. The molecule has 2 heterocycles. The average Bonchev–Trinajstić information content (AvgIpc) is 3.01. The maximum Gasteiger partial charge on any atom is 0.410 e. The summed E-state index contributed by atoms with van der Waals surface area (Å²) < 4.78 is 11.3. The van der Waals surface area contributed by atoms with Crippen LogP contribution in [0.15, 0.2) is 29.3 Å². The molecule has 2 N–H and O–H groups in total. The molecular weight excluding hydrogens is 332 g/mol. The van der Waals surface area contributed by atoms with Gasteiger partial charge in [-0.15, -0.1) is 0 Å². The Morgan fingerprint density at radius 3 is 2.54 bits per heavy atom. The molecule has 7 heteroatoms. The van der Waals surface area contributed by atoms with Crippen molar-refractivity contribution in [2.45, 2.75) is 38.9 Å². The number of para-hydroxylation sites is 1. The van der Waals surface area contributed by atoms with Crippen LogP contribution in [-0.2, 0) is 11.2 Å². The smallest absolute Gasteiger partial charge is 0.410 e. The highest BCUT2D eigenvalue weighted by Gasteiger charge is 2.27. The summed E-state index contributed by atoms with van der Waals surface area (Å²) >= 11 is 0. The van der Waals surface area contributed by atoms with Gasteiger partial charge in [0.2, 0.25) is 0 Å². The Labute approximate surface area is 154 Å². The predicted molar refractivity (Wildman–Crippen MR) is 100 cm³/mol. The van der Waals surface area contributed by atoms with Gasteiger partial charge in [-0.2, -0.15) is 0 Å². The van der Waals surface area contributed by atoms with Gasteiger partial charge in [0.25, 0.3) is 0 Å². The van der Waals surface area contributed by atoms with E-state index in [0.29, 0.717) is 38.7 Å². The number of nitrogens with two attached hydrogens (primary N) is 1. The number of rotatable bonds is 2. The predicted octanol–water partition coefficient (Wildman–Crippen LogP) is 1.86. The minimum Gasteiger partial charge on any atom is -0.488 e. The summed E-state index contributed by atoms with van der Waals surface area (Å²) in [5, 5.41) is 0. The van der Waals surface area contributed by atoms with Gasteiger partial charge in [-0.25, -0.2) is 9.79 Å². The summed E-state index contributed by atoms with van der Waals surface area (Å²) in [7, 11) is 0. The molecule has 0 bridgehead atoms. The fourth-order valence-corrected chi connectivity index (χ4v) is 3.10. The van der Waals surface area contributed by atoms with Crippen LogP contribution < -0.4 is 10.5 Å². The van der Waals surface area contributed by atoms with Gasteiger partial charge in [0.05, 0.1) is 6.54 Å². The molecule has 142 valence electrons. The highest BCUT2D eigenvalue weighted by molar-refractivity contribution is 5.78. The second-order valence-corrected chi connectivity index (χ2v) is 7.71. The van der Waals surface area contributed by atoms with E-state index in [9.17, 15) is 4.79 Å². The van der Waals surface area contributed by atoms with E-state index >= 15 is 0 Å². The normalized spacial score (nSPS) is 20.6. The molecular formula is C19H28N4O3. The van der Waals surface area contributed by atoms with Gasteiger partial charge in [0.1, 0.15) is 17.5 Å². The summed E-state index contributed by atoms with van der Waals surface area (Å²) in [5.41, 5.74) is 6.88. The largest absolute Gasteiger partial charge is 0.488 e. The number of hydrogen-bond acceptors (Lipinski definition) is 4. The molecule has 1 saturated heterocycles. The van der Waals surface area contributed by atoms with Gasteiger partial charge in [-0.05, 0) is 32.4 Å². The number of guanidine groups is 1. The van der Waals surface area contributed by atoms with E-state index in [0.717, 1.165) is 12.2 Å². The number of nitrogens with zero attached hydrogens (tertiary/aromatic N) is 3. The van der Waals surface area contributed by atoms with Crippen LogP contribution in [0, 0.1) is 0 Å². The lowest BCUT2D eigenvalue weighted by Gasteiger charge is -2.36. The number of benzene rings is 1. The van der Waals surface area contributed by atoms with Gasteiger partial charge < -0.3 is 25.0 Å². The van der Waals surface area contributed by atoms with Crippen LogP contribution in [0.25, 0.3) is 0 Å². The molecule has 0 saturated carbocycles. The minimum absolute atomic E-state index is 0.0361. The van der Waals surface area contributed by atoms with E-state index < -0.39 is 5.60 Å². The number of ether oxygens (including phenoxy) is 2. The molecule has 2 aliphatic heterocycles. The third-order valence-corrected chi connectivity index (χ3v) is 4.43. The average molecular weight is 360 g/mol. The van der Waals surface area contributed by atoms with Crippen LogP contribution in [0.3, 0.4) is 0 Å². The summed E-state index contributed by atoms with van der Waals surface area (Å²) in [6.07, 6.45) is 0.623. The summed E-state index contributed by atoms with van der Waals surface area (Å²) in [6.45, 7) is 8.61. The molecule has 0 aromatic heterocycles. The van der Waals surface area contributed by atoms with Crippen molar-refractivity contribution in [2.75, 3.05) is 32.7 Å². The molecule has 1 unspecified atom stereocenters. The van der Waals surface area contributed by atoms with Crippen LogP contribution in [0.4, 0.5) is 4.79 Å². The number of fused-ring (bicyclic) bond motifs is 1. The van der Waals surface area contributed by atoms with Crippen LogP contribution in [0.5, 0.6) is 5.75 Å². The molecule has 1 aromatic carbocycles. The van der Waals surface area contributed by atoms with Gasteiger partial charge in [-0.3, -0.25) is 0 Å². The molecule has 1 amide bonds. The van der Waals surface area contributed by atoms with Crippen molar-refractivity contribution in [1.29, 1.82) is 0 Å². The first-order valence-electron chi connectivity index (χ1n) is 9.09. The van der Waals surface area contributed by atoms with Crippen LogP contribution in [-0.4, -0.2) is 66.3 Å². The lowest BCUT2D eigenvalue weighted by atomic mass is 10.1. The Bertz CT molecular complexity index is 651. The summed E-state index contributed by atoms with van der Waals surface area (Å²) in [5.74, 6) is 1.45. The lowest BCUT2D eigenvalue weighted by Crippen LogP contribution is -2.53. The third kappa shape index (κ3) is 4.59. The van der Waals surface area contributed by atoms with E-state index in [1.807, 2.05) is 43.9 Å². The quantitative estimate of drug-likeness (QED) is 0.643. The maximum atomic E-state index is 12.1. The van der Waals surface area contributed by atoms with Gasteiger partial charge >= 0.3 is 6.09 Å². The molecule has 3 rings (SSSR count). The van der Waals surface area contributed by atoms with Crippen LogP contribution >= 0.6 is 0 Å². The van der Waals surface area contributed by atoms with Crippen molar-refractivity contribution in [3.63, 3.8) is 0 Å². The highest BCUT2D eigenvalue weighted by Crippen LogP contribution is 2.28. The zero-order valence-electron chi connectivity index (χ0n) is 15.8. The Kier molecular flexibility index (Phi) is 5.25. The zero-order valence-corrected chi connectivity index (χ0v) is 15.8. The van der Waals surface area contributed by atoms with E-state index in [1.54, 1.807) is 4.90 Å². The second-order valence-electron chi connectivity index (χ2n) is 7.71. The number of amides is 1. The number of carbonyl (C=O) groups is 1. The first-order chi connectivity index (χ1) is 12.3. The van der Waals surface area contributed by atoms with E-state index in [2.05, 4.69) is 11.1 Å². The lowest BCUT2D eigenvalue weighted by molar-refractivity contribution is 0.0186. The molecule has 0 spiro atoms. The monoisotopic (exact) mass is 360 g/mol. The van der Waals surface area contributed by atoms with Crippen LogP contribution in [0.1, 0.15) is 26.3 Å². The Morgan fingerprint density at radius 2 is 1.88 bits per heavy atom. The van der Waals surface area contributed by atoms with E-state index in [4.69, 9.17) is 15.2 Å². The Balaban J connectivity index is 1.46. The minimum atomic E-state index is -0.479. The number of aliphatic imine (C=N–C) groups is 1. The zero-order chi connectivity index (χ0) is 18.7. The SMILES string of the molecule is CC(C)(C)OC(=O)N1CCN(C(N)=NCC2Cc3ccccc3O2)CC1. The fraction of sp³-hybridized carbons (Fsp3) is 0.579. The van der Waals surface area contributed by atoms with Crippen molar-refractivity contribution < 1.29 is 14.3 Å². The third-order valence-electron chi connectivity index (χ3n) is 4.43. The second kappa shape index (κ2) is 7.43. The van der Waals surface area contributed by atoms with Gasteiger partial charge in [0.15, 0.2) is 5.96 Å². The molecule has 1 atom stereocenters. The van der Waals surface area contributed by atoms with Crippen molar-refractivity contribution in [2.24, 2.45) is 10.7 Å². The van der Waals surface area contributed by atoms with E-state index in [-0.39, 0.29) is 12.2 Å². The maximum absolute atomic E-state index is 12.1. The summed E-state index contributed by atoms with van der Waals surface area (Å²) in [6, 6.07) is 8.06. The first kappa shape index (κ1) is 18.4. The van der Waals surface area contributed by atoms with Crippen molar-refractivity contribution >= 4 is 12.1 Å². The molecule has 26 heavy (non-hydrogen) atoms. The molecule has 1 fully saturated rings. The van der Waals surface area contributed by atoms with Crippen molar-refractivity contribution in [3.05, 3.63) is 29.8 Å². The number of piperazine rings is 1. The first-order valence-corrected chi connectivity index (χ1v) is 9.09. The molecule has 1 aromatic rings.